The molecule has 8 heteroatoms. The van der Waals surface area contributed by atoms with Gasteiger partial charge in [-0.3, -0.25) is 14.7 Å². The molecule has 202 valence electrons. The summed E-state index contributed by atoms with van der Waals surface area (Å²) in [6.07, 6.45) is 6.52. The van der Waals surface area contributed by atoms with Crippen molar-refractivity contribution in [1.82, 2.24) is 15.2 Å². The monoisotopic (exact) mass is 527 g/mol. The van der Waals surface area contributed by atoms with Crippen molar-refractivity contribution in [1.29, 1.82) is 0 Å². The van der Waals surface area contributed by atoms with Gasteiger partial charge in [-0.05, 0) is 66.0 Å². The highest BCUT2D eigenvalue weighted by Crippen LogP contribution is 2.41. The lowest BCUT2D eigenvalue weighted by Gasteiger charge is -2.34. The Balaban J connectivity index is 1.47. The van der Waals surface area contributed by atoms with Gasteiger partial charge >= 0.3 is 0 Å². The smallest absolute Gasteiger partial charge is 0.251 e. The molecule has 1 aromatic heterocycles. The Morgan fingerprint density at radius 3 is 2.49 bits per heavy atom. The molecule has 0 saturated heterocycles. The van der Waals surface area contributed by atoms with Crippen LogP contribution in [0.1, 0.15) is 92.6 Å². The molecule has 2 N–H and O–H groups in total. The SMILES string of the molecule is CCS(=O)(=O)c1ccc([C@H](CO)NC(=O)c2ccc3c(c2)CN(C[C@H]2CC[C@H](C)CC2)[C@H]3C(C)C)nc1. The van der Waals surface area contributed by atoms with Crippen molar-refractivity contribution in [3.05, 3.63) is 58.9 Å². The number of amides is 1. The number of aromatic nitrogens is 1. The number of nitrogens with zero attached hydrogens (tertiary/aromatic N) is 2. The number of pyridine rings is 1. The van der Waals surface area contributed by atoms with Crippen LogP contribution in [0.5, 0.6) is 0 Å². The molecule has 1 aliphatic carbocycles. The van der Waals surface area contributed by atoms with Gasteiger partial charge in [-0.25, -0.2) is 8.42 Å². The number of carbonyl (C=O) groups excluding carboxylic acids is 1. The van der Waals surface area contributed by atoms with Gasteiger partial charge < -0.3 is 10.4 Å². The topological polar surface area (TPSA) is 99.6 Å². The third-order valence-corrected chi connectivity index (χ3v) is 9.81. The normalized spacial score (nSPS) is 23.1. The second-order valence-corrected chi connectivity index (χ2v) is 13.5. The van der Waals surface area contributed by atoms with Crippen LogP contribution in [-0.2, 0) is 16.4 Å². The lowest BCUT2D eigenvalue weighted by Crippen LogP contribution is -2.32. The molecule has 2 aliphatic rings. The van der Waals surface area contributed by atoms with E-state index in [2.05, 4.69) is 42.0 Å². The third-order valence-electron chi connectivity index (χ3n) is 8.09. The van der Waals surface area contributed by atoms with Crippen molar-refractivity contribution in [2.45, 2.75) is 76.9 Å². The lowest BCUT2D eigenvalue weighted by molar-refractivity contribution is 0.0914. The van der Waals surface area contributed by atoms with Crippen molar-refractivity contribution in [2.75, 3.05) is 18.9 Å². The number of aliphatic hydroxyl groups excluding tert-OH is 1. The predicted molar refractivity (Wildman–Crippen MR) is 145 cm³/mol. The summed E-state index contributed by atoms with van der Waals surface area (Å²) in [5.41, 5.74) is 3.48. The summed E-state index contributed by atoms with van der Waals surface area (Å²) in [4.78, 5) is 20.1. The minimum absolute atomic E-state index is 0.0124. The van der Waals surface area contributed by atoms with E-state index in [9.17, 15) is 18.3 Å². The second-order valence-electron chi connectivity index (χ2n) is 11.2. The Bertz CT molecular complexity index is 1190. The average Bonchev–Trinajstić information content (AvgIpc) is 3.25. The van der Waals surface area contributed by atoms with Crippen LogP contribution in [0.3, 0.4) is 0 Å². The molecule has 0 radical (unpaired) electrons. The number of hydrogen-bond donors (Lipinski definition) is 2. The van der Waals surface area contributed by atoms with E-state index < -0.39 is 15.9 Å². The Labute approximate surface area is 221 Å². The zero-order valence-corrected chi connectivity index (χ0v) is 23.3. The molecule has 2 aromatic rings. The van der Waals surface area contributed by atoms with Crippen LogP contribution in [-0.4, -0.2) is 48.2 Å². The van der Waals surface area contributed by atoms with E-state index >= 15 is 0 Å². The molecule has 7 nitrogen and oxygen atoms in total. The van der Waals surface area contributed by atoms with Gasteiger partial charge in [0, 0.05) is 30.9 Å². The number of carbonyl (C=O) groups is 1. The number of sulfone groups is 1. The minimum Gasteiger partial charge on any atom is -0.394 e. The lowest BCUT2D eigenvalue weighted by atomic mass is 9.82. The van der Waals surface area contributed by atoms with E-state index in [1.165, 1.54) is 49.1 Å². The number of fused-ring (bicyclic) bond motifs is 1. The molecule has 1 aliphatic heterocycles. The van der Waals surface area contributed by atoms with Crippen LogP contribution in [0.2, 0.25) is 0 Å². The molecular weight excluding hydrogens is 486 g/mol. The molecule has 4 rings (SSSR count). The summed E-state index contributed by atoms with van der Waals surface area (Å²) >= 11 is 0. The first-order valence-corrected chi connectivity index (χ1v) is 15.3. The van der Waals surface area contributed by atoms with Crippen molar-refractivity contribution in [2.24, 2.45) is 17.8 Å². The number of hydrogen-bond acceptors (Lipinski definition) is 6. The van der Waals surface area contributed by atoms with Gasteiger partial charge in [-0.15, -0.1) is 0 Å². The van der Waals surface area contributed by atoms with Gasteiger partial charge in [0.05, 0.1) is 29.0 Å². The van der Waals surface area contributed by atoms with Crippen LogP contribution in [0.4, 0.5) is 0 Å². The first kappa shape index (κ1) is 27.7. The zero-order chi connectivity index (χ0) is 26.7. The zero-order valence-electron chi connectivity index (χ0n) is 22.5. The fourth-order valence-electron chi connectivity index (χ4n) is 5.89. The maximum Gasteiger partial charge on any atom is 0.251 e. The molecule has 37 heavy (non-hydrogen) atoms. The van der Waals surface area contributed by atoms with Gasteiger partial charge in [-0.1, -0.05) is 46.6 Å². The molecule has 1 fully saturated rings. The van der Waals surface area contributed by atoms with Crippen molar-refractivity contribution >= 4 is 15.7 Å². The number of aliphatic hydroxyl groups is 1. The van der Waals surface area contributed by atoms with Gasteiger partial charge in [0.15, 0.2) is 9.84 Å². The first-order valence-electron chi connectivity index (χ1n) is 13.6. The van der Waals surface area contributed by atoms with Gasteiger partial charge in [-0.2, -0.15) is 0 Å². The quantitative estimate of drug-likeness (QED) is 0.491. The Morgan fingerprint density at radius 2 is 1.89 bits per heavy atom. The highest BCUT2D eigenvalue weighted by Gasteiger charge is 2.34. The summed E-state index contributed by atoms with van der Waals surface area (Å²) in [7, 11) is -3.36. The van der Waals surface area contributed by atoms with Crippen LogP contribution in [0.15, 0.2) is 41.4 Å². The molecular formula is C29H41N3O4S. The number of nitrogens with one attached hydrogen (secondary N) is 1. The van der Waals surface area contributed by atoms with Crippen molar-refractivity contribution < 1.29 is 18.3 Å². The Morgan fingerprint density at radius 1 is 1.16 bits per heavy atom. The van der Waals surface area contributed by atoms with E-state index in [1.54, 1.807) is 13.0 Å². The Hall–Kier alpha value is -2.29. The highest BCUT2D eigenvalue weighted by atomic mass is 32.2. The van der Waals surface area contributed by atoms with E-state index in [4.69, 9.17) is 0 Å². The van der Waals surface area contributed by atoms with Crippen molar-refractivity contribution in [3.63, 3.8) is 0 Å². The van der Waals surface area contributed by atoms with E-state index in [1.807, 2.05) is 12.1 Å². The number of benzene rings is 1. The van der Waals surface area contributed by atoms with Crippen LogP contribution in [0, 0.1) is 17.8 Å². The van der Waals surface area contributed by atoms with Gasteiger partial charge in [0.25, 0.3) is 5.91 Å². The van der Waals surface area contributed by atoms with E-state index in [-0.39, 0.29) is 23.2 Å². The largest absolute Gasteiger partial charge is 0.394 e. The molecule has 0 spiro atoms. The molecule has 1 saturated carbocycles. The Kier molecular flexibility index (Phi) is 8.71. The summed E-state index contributed by atoms with van der Waals surface area (Å²) in [6.45, 7) is 10.1. The van der Waals surface area contributed by atoms with Crippen molar-refractivity contribution in [3.8, 4) is 0 Å². The molecule has 2 atom stereocenters. The van der Waals surface area contributed by atoms with E-state index in [0.29, 0.717) is 23.2 Å². The summed E-state index contributed by atoms with van der Waals surface area (Å²) in [5, 5.41) is 12.8. The third kappa shape index (κ3) is 6.24. The maximum absolute atomic E-state index is 13.1. The highest BCUT2D eigenvalue weighted by molar-refractivity contribution is 7.91. The summed E-state index contributed by atoms with van der Waals surface area (Å²) in [6, 6.07) is 8.60. The second kappa shape index (κ2) is 11.6. The molecule has 1 amide bonds. The fraction of sp³-hybridized carbons (Fsp3) is 0.586. The van der Waals surface area contributed by atoms with Crippen LogP contribution in [0.25, 0.3) is 0 Å². The van der Waals surface area contributed by atoms with Gasteiger partial charge in [0.2, 0.25) is 0 Å². The molecule has 0 unspecified atom stereocenters. The average molecular weight is 528 g/mol. The molecule has 2 heterocycles. The maximum atomic E-state index is 13.1. The minimum atomic E-state index is -3.36. The van der Waals surface area contributed by atoms with Crippen LogP contribution >= 0.6 is 0 Å². The summed E-state index contributed by atoms with van der Waals surface area (Å²) < 4.78 is 24.1. The molecule has 1 aromatic carbocycles. The van der Waals surface area contributed by atoms with E-state index in [0.717, 1.165) is 24.9 Å². The van der Waals surface area contributed by atoms with Crippen LogP contribution < -0.4 is 5.32 Å². The standard InChI is InChI=1S/C29H41N3O4S/c1-5-37(35,36)24-11-13-26(30-15-24)27(18-33)31-29(34)22-10-12-25-23(14-22)17-32(28(25)19(2)3)16-21-8-6-20(4)7-9-21/h10-15,19-21,27-28,33H,5-9,16-18H2,1-4H3,(H,31,34)/t20-,21-,27-,28-/m0/s1. The van der Waals surface area contributed by atoms with Gasteiger partial charge in [0.1, 0.15) is 0 Å². The number of rotatable bonds is 9. The predicted octanol–water partition coefficient (Wildman–Crippen LogP) is 4.68. The fourth-order valence-corrected chi connectivity index (χ4v) is 6.71. The summed E-state index contributed by atoms with van der Waals surface area (Å²) in [5.74, 6) is 1.77. The molecule has 0 bridgehead atoms. The first-order chi connectivity index (χ1) is 17.6.